The van der Waals surface area contributed by atoms with Gasteiger partial charge in [-0.2, -0.15) is 0 Å². The third-order valence-electron chi connectivity index (χ3n) is 6.27. The van der Waals surface area contributed by atoms with Crippen LogP contribution in [-0.2, 0) is 0 Å². The first-order valence-electron chi connectivity index (χ1n) is 10.9. The zero-order chi connectivity index (χ0) is 23.1. The van der Waals surface area contributed by atoms with E-state index in [0.29, 0.717) is 57.5 Å². The van der Waals surface area contributed by atoms with E-state index in [1.54, 1.807) is 29.3 Å². The molecule has 3 heterocycles. The Kier molecular flexibility index (Phi) is 5.28. The second kappa shape index (κ2) is 8.27. The van der Waals surface area contributed by atoms with E-state index in [0.717, 1.165) is 19.3 Å². The summed E-state index contributed by atoms with van der Waals surface area (Å²) < 4.78 is 26.6. The van der Waals surface area contributed by atoms with Crippen molar-refractivity contribution >= 4 is 27.6 Å². The normalized spacial score (nSPS) is 14.1. The van der Waals surface area contributed by atoms with Crippen molar-refractivity contribution in [2.45, 2.75) is 19.3 Å². The van der Waals surface area contributed by atoms with E-state index in [1.807, 2.05) is 0 Å². The number of nitrogens with one attached hydrogen (secondary N) is 1. The lowest BCUT2D eigenvalue weighted by atomic mass is 10.0. The van der Waals surface area contributed by atoms with Crippen molar-refractivity contribution in [2.75, 3.05) is 27.3 Å². The first-order valence-corrected chi connectivity index (χ1v) is 10.9. The lowest BCUT2D eigenvalue weighted by Crippen LogP contribution is -2.36. The van der Waals surface area contributed by atoms with Gasteiger partial charge in [-0.05, 0) is 49.6 Å². The summed E-state index contributed by atoms with van der Waals surface area (Å²) in [6.07, 6.45) is 6.18. The van der Waals surface area contributed by atoms with Crippen LogP contribution in [0.3, 0.4) is 0 Å². The molecule has 0 spiro atoms. The van der Waals surface area contributed by atoms with Gasteiger partial charge in [0.1, 0.15) is 5.82 Å². The standard InChI is InChI=1S/C25H24FN3O4/c1-32-22-12-17-18(13-23(22)33-2)25(31)29(14-19(17)24(30)28-8-4-3-5-9-28)21-11-15(26)10-20-16(21)6-7-27-20/h6-7,10-14,27H,3-5,8-9H2,1-2H3. The molecule has 0 saturated carbocycles. The number of hydrogen-bond acceptors (Lipinski definition) is 4. The number of pyridine rings is 1. The SMILES string of the molecule is COc1cc2c(C(=O)N3CCCCC3)cn(-c3cc(F)cc4[nH]ccc34)c(=O)c2cc1OC. The molecule has 1 amide bonds. The third-order valence-corrected chi connectivity index (χ3v) is 6.27. The Balaban J connectivity index is 1.83. The molecule has 1 aliphatic rings. The number of H-pyrrole nitrogens is 1. The van der Waals surface area contributed by atoms with Crippen molar-refractivity contribution in [1.29, 1.82) is 0 Å². The minimum atomic E-state index is -0.483. The molecule has 1 fully saturated rings. The number of halogens is 1. The van der Waals surface area contributed by atoms with E-state index in [1.165, 1.54) is 37.1 Å². The van der Waals surface area contributed by atoms with Crippen LogP contribution < -0.4 is 15.0 Å². The van der Waals surface area contributed by atoms with Crippen molar-refractivity contribution in [3.8, 4) is 17.2 Å². The quantitative estimate of drug-likeness (QED) is 0.505. The van der Waals surface area contributed by atoms with Gasteiger partial charge >= 0.3 is 0 Å². The highest BCUT2D eigenvalue weighted by molar-refractivity contribution is 6.07. The molecule has 1 saturated heterocycles. The average molecular weight is 449 g/mol. The summed E-state index contributed by atoms with van der Waals surface area (Å²) >= 11 is 0. The summed E-state index contributed by atoms with van der Waals surface area (Å²) in [7, 11) is 2.99. The van der Waals surface area contributed by atoms with E-state index in [-0.39, 0.29) is 11.5 Å². The van der Waals surface area contributed by atoms with Crippen LogP contribution in [0.5, 0.6) is 11.5 Å². The fourth-order valence-corrected chi connectivity index (χ4v) is 4.59. The number of rotatable bonds is 4. The van der Waals surface area contributed by atoms with Gasteiger partial charge in [0.15, 0.2) is 11.5 Å². The van der Waals surface area contributed by atoms with Gasteiger partial charge in [-0.3, -0.25) is 14.2 Å². The molecule has 2 aromatic carbocycles. The monoisotopic (exact) mass is 449 g/mol. The van der Waals surface area contributed by atoms with E-state index in [4.69, 9.17) is 9.47 Å². The number of benzene rings is 2. The number of nitrogens with zero attached hydrogens (tertiary/aromatic N) is 2. The van der Waals surface area contributed by atoms with Crippen LogP contribution in [0, 0.1) is 5.82 Å². The van der Waals surface area contributed by atoms with Gasteiger partial charge < -0.3 is 19.4 Å². The molecule has 33 heavy (non-hydrogen) atoms. The molecule has 0 unspecified atom stereocenters. The van der Waals surface area contributed by atoms with Crippen LogP contribution in [0.25, 0.3) is 27.4 Å². The van der Waals surface area contributed by atoms with Gasteiger partial charge in [0, 0.05) is 36.3 Å². The van der Waals surface area contributed by atoms with Crippen molar-refractivity contribution in [2.24, 2.45) is 0 Å². The zero-order valence-electron chi connectivity index (χ0n) is 18.5. The molecule has 1 aliphatic heterocycles. The first-order chi connectivity index (χ1) is 16.0. The van der Waals surface area contributed by atoms with Crippen LogP contribution in [-0.4, -0.2) is 47.7 Å². The molecular formula is C25H24FN3O4. The fraction of sp³-hybridized carbons (Fsp3) is 0.280. The Morgan fingerprint density at radius 3 is 2.36 bits per heavy atom. The minimum absolute atomic E-state index is 0.164. The van der Waals surface area contributed by atoms with Gasteiger partial charge in [0.2, 0.25) is 0 Å². The number of aromatic nitrogens is 2. The van der Waals surface area contributed by atoms with Crippen molar-refractivity contribution in [1.82, 2.24) is 14.5 Å². The van der Waals surface area contributed by atoms with Gasteiger partial charge in [-0.25, -0.2) is 4.39 Å². The number of amides is 1. The van der Waals surface area contributed by atoms with Gasteiger partial charge in [-0.1, -0.05) is 0 Å². The third kappa shape index (κ3) is 3.51. The predicted octanol–water partition coefficient (Wildman–Crippen LogP) is 4.25. The second-order valence-electron chi connectivity index (χ2n) is 8.19. The highest BCUT2D eigenvalue weighted by Crippen LogP contribution is 2.34. The number of carbonyl (C=O) groups is 1. The largest absolute Gasteiger partial charge is 0.493 e. The highest BCUT2D eigenvalue weighted by atomic mass is 19.1. The van der Waals surface area contributed by atoms with Gasteiger partial charge in [0.25, 0.3) is 11.5 Å². The number of methoxy groups -OCH3 is 2. The Hall–Kier alpha value is -3.81. The summed E-state index contributed by atoms with van der Waals surface area (Å²) in [6.45, 7) is 1.32. The molecule has 1 N–H and O–H groups in total. The zero-order valence-corrected chi connectivity index (χ0v) is 18.5. The smallest absolute Gasteiger partial charge is 0.263 e. The van der Waals surface area contributed by atoms with Crippen LogP contribution in [0.4, 0.5) is 4.39 Å². The van der Waals surface area contributed by atoms with E-state index in [9.17, 15) is 14.0 Å². The van der Waals surface area contributed by atoms with Crippen LogP contribution in [0.15, 0.2) is 47.5 Å². The maximum Gasteiger partial charge on any atom is 0.263 e. The molecule has 4 aromatic rings. The number of hydrogen-bond donors (Lipinski definition) is 1. The van der Waals surface area contributed by atoms with Crippen LogP contribution >= 0.6 is 0 Å². The molecule has 0 atom stereocenters. The highest BCUT2D eigenvalue weighted by Gasteiger charge is 2.24. The van der Waals surface area contributed by atoms with Gasteiger partial charge in [-0.15, -0.1) is 0 Å². The summed E-state index contributed by atoms with van der Waals surface area (Å²) in [5.74, 6) is 0.154. The number of likely N-dealkylation sites (tertiary alicyclic amines) is 1. The van der Waals surface area contributed by atoms with E-state index >= 15 is 0 Å². The van der Waals surface area contributed by atoms with Crippen molar-refractivity contribution in [3.05, 3.63) is 64.5 Å². The molecular weight excluding hydrogens is 425 g/mol. The molecule has 8 heteroatoms. The summed E-state index contributed by atoms with van der Waals surface area (Å²) in [5, 5.41) is 1.45. The summed E-state index contributed by atoms with van der Waals surface area (Å²) in [5.41, 5.74) is 0.906. The second-order valence-corrected chi connectivity index (χ2v) is 8.19. The van der Waals surface area contributed by atoms with E-state index < -0.39 is 5.82 Å². The molecule has 7 nitrogen and oxygen atoms in total. The van der Waals surface area contributed by atoms with Crippen LogP contribution in [0.2, 0.25) is 0 Å². The lowest BCUT2D eigenvalue weighted by Gasteiger charge is -2.27. The summed E-state index contributed by atoms with van der Waals surface area (Å²) in [6, 6.07) is 7.70. The van der Waals surface area contributed by atoms with E-state index in [2.05, 4.69) is 4.98 Å². The minimum Gasteiger partial charge on any atom is -0.493 e. The Bertz CT molecular complexity index is 1430. The number of carbonyl (C=O) groups excluding carboxylic acids is 1. The number of piperidine rings is 1. The first kappa shape index (κ1) is 21.1. The Morgan fingerprint density at radius 2 is 1.67 bits per heavy atom. The fourth-order valence-electron chi connectivity index (χ4n) is 4.59. The predicted molar refractivity (Wildman–Crippen MR) is 124 cm³/mol. The average Bonchev–Trinajstić information content (AvgIpc) is 3.31. The number of aromatic amines is 1. The molecule has 170 valence electrons. The lowest BCUT2D eigenvalue weighted by molar-refractivity contribution is 0.0725. The maximum atomic E-state index is 14.4. The van der Waals surface area contributed by atoms with Crippen molar-refractivity contribution in [3.63, 3.8) is 0 Å². The number of ether oxygens (including phenoxy) is 2. The van der Waals surface area contributed by atoms with Gasteiger partial charge in [0.05, 0.1) is 36.4 Å². The molecule has 5 rings (SSSR count). The molecule has 0 radical (unpaired) electrons. The Labute approximate surface area is 189 Å². The Morgan fingerprint density at radius 1 is 0.970 bits per heavy atom. The molecule has 0 bridgehead atoms. The number of fused-ring (bicyclic) bond motifs is 2. The van der Waals surface area contributed by atoms with Crippen molar-refractivity contribution < 1.29 is 18.7 Å². The summed E-state index contributed by atoms with van der Waals surface area (Å²) in [4.78, 5) is 32.0. The maximum absolute atomic E-state index is 14.4. The molecule has 2 aromatic heterocycles. The molecule has 0 aliphatic carbocycles. The topological polar surface area (TPSA) is 76.6 Å². The van der Waals surface area contributed by atoms with Crippen LogP contribution in [0.1, 0.15) is 29.6 Å².